The summed E-state index contributed by atoms with van der Waals surface area (Å²) in [6.07, 6.45) is 18.8. The van der Waals surface area contributed by atoms with E-state index in [2.05, 4.69) is 127 Å². The summed E-state index contributed by atoms with van der Waals surface area (Å²) in [6, 6.07) is 0. The van der Waals surface area contributed by atoms with Gasteiger partial charge in [0.05, 0.1) is 12.2 Å². The fraction of sp³-hybridized carbons (Fsp3) is 0.800. The third-order valence-corrected chi connectivity index (χ3v) is 22.2. The smallest absolute Gasteiger partial charge is 0.192 e. The summed E-state index contributed by atoms with van der Waals surface area (Å²) in [5.41, 5.74) is 4.64. The fourth-order valence-electron chi connectivity index (χ4n) is 7.62. The molecule has 3 aliphatic carbocycles. The maximum absolute atomic E-state index is 7.09. The zero-order chi connectivity index (χ0) is 33.5. The molecule has 0 bridgehead atoms. The van der Waals surface area contributed by atoms with Crippen LogP contribution in [0.4, 0.5) is 0 Å². The van der Waals surface area contributed by atoms with Crippen molar-refractivity contribution in [1.29, 1.82) is 0 Å². The van der Waals surface area contributed by atoms with E-state index in [0.29, 0.717) is 29.1 Å². The van der Waals surface area contributed by atoms with Crippen LogP contribution >= 0.6 is 0 Å². The van der Waals surface area contributed by atoms with E-state index in [9.17, 15) is 0 Å². The highest BCUT2D eigenvalue weighted by Crippen LogP contribution is 2.59. The molecule has 44 heavy (non-hydrogen) atoms. The maximum Gasteiger partial charge on any atom is 0.192 e. The molecular formula is C40H72O2Si2. The lowest BCUT2D eigenvalue weighted by Crippen LogP contribution is -2.49. The van der Waals surface area contributed by atoms with Crippen LogP contribution in [0.5, 0.6) is 0 Å². The highest BCUT2D eigenvalue weighted by molar-refractivity contribution is 6.74. The normalized spacial score (nSPS) is 32.6. The average Bonchev–Trinajstić information content (AvgIpc) is 3.23. The van der Waals surface area contributed by atoms with Crippen LogP contribution < -0.4 is 0 Å². The highest BCUT2D eigenvalue weighted by Gasteiger charge is 2.50. The molecule has 252 valence electrons. The largest absolute Gasteiger partial charge is 0.413 e. The lowest BCUT2D eigenvalue weighted by Gasteiger charge is -2.45. The molecule has 0 spiro atoms. The van der Waals surface area contributed by atoms with Crippen LogP contribution in [0.25, 0.3) is 0 Å². The van der Waals surface area contributed by atoms with Crippen LogP contribution in [0, 0.1) is 35.0 Å². The first-order valence-corrected chi connectivity index (χ1v) is 23.9. The van der Waals surface area contributed by atoms with E-state index in [1.54, 1.807) is 5.57 Å². The van der Waals surface area contributed by atoms with E-state index >= 15 is 0 Å². The minimum atomic E-state index is -1.96. The zero-order valence-corrected chi connectivity index (χ0v) is 33.8. The molecule has 0 heterocycles. The van der Waals surface area contributed by atoms with Gasteiger partial charge in [0.2, 0.25) is 0 Å². The molecule has 0 aliphatic heterocycles. The van der Waals surface area contributed by atoms with Crippen LogP contribution in [0.15, 0.2) is 47.6 Å². The third kappa shape index (κ3) is 8.42. The monoisotopic (exact) mass is 641 g/mol. The Labute approximate surface area is 276 Å². The summed E-state index contributed by atoms with van der Waals surface area (Å²) >= 11 is 0. The van der Waals surface area contributed by atoms with Crippen molar-refractivity contribution in [3.8, 4) is 0 Å². The van der Waals surface area contributed by atoms with Gasteiger partial charge in [-0.25, -0.2) is 0 Å². The Bertz CT molecular complexity index is 1100. The van der Waals surface area contributed by atoms with Crippen molar-refractivity contribution in [2.45, 2.75) is 170 Å². The van der Waals surface area contributed by atoms with E-state index in [1.165, 1.54) is 43.3 Å². The highest BCUT2D eigenvalue weighted by atomic mass is 28.4. The maximum atomic E-state index is 7.09. The van der Waals surface area contributed by atoms with E-state index in [-0.39, 0.29) is 22.3 Å². The standard InChI is InChI=1S/C40H72O2Si2/c1-28(2)29(3)19-20-30(4)35-23-24-36-32(18-17-25-40(35,36)12)21-22-33-26-34(41-43(13,14)38(6,7)8)27-37(31(33)5)42-44(15,16)39(9,10)11/h19-22,28-30,34-37H,5,17-18,23-27H2,1-4,6-16H3/b20-19+,32-21+,33-22-/t29-,30+,34-,35+,36-,37-,40+/m0/s1. The Morgan fingerprint density at radius 3 is 2.02 bits per heavy atom. The fourth-order valence-corrected chi connectivity index (χ4v) is 10.3. The average molecular weight is 641 g/mol. The summed E-state index contributed by atoms with van der Waals surface area (Å²) in [4.78, 5) is 0. The number of rotatable bonds is 9. The van der Waals surface area contributed by atoms with Gasteiger partial charge in [-0.2, -0.15) is 0 Å². The zero-order valence-electron chi connectivity index (χ0n) is 31.8. The van der Waals surface area contributed by atoms with E-state index in [1.807, 2.05) is 0 Å². The van der Waals surface area contributed by atoms with Crippen molar-refractivity contribution in [2.75, 3.05) is 0 Å². The predicted molar refractivity (Wildman–Crippen MR) is 199 cm³/mol. The summed E-state index contributed by atoms with van der Waals surface area (Å²) in [6.45, 7) is 40.5. The topological polar surface area (TPSA) is 18.5 Å². The van der Waals surface area contributed by atoms with E-state index in [4.69, 9.17) is 15.4 Å². The Morgan fingerprint density at radius 1 is 0.864 bits per heavy atom. The van der Waals surface area contributed by atoms with Crippen molar-refractivity contribution in [1.82, 2.24) is 0 Å². The molecule has 0 amide bonds. The molecule has 3 saturated carbocycles. The van der Waals surface area contributed by atoms with Gasteiger partial charge in [-0.15, -0.1) is 0 Å². The number of hydrogen-bond acceptors (Lipinski definition) is 2. The van der Waals surface area contributed by atoms with Crippen molar-refractivity contribution in [2.24, 2.45) is 35.0 Å². The number of allylic oxidation sites excluding steroid dienone is 5. The Kier molecular flexibility index (Phi) is 11.9. The molecule has 7 atom stereocenters. The SMILES string of the molecule is C=C1/C(=C\C=C2/CCC[C@]3(C)[C@@H]([C@H](C)/C=C/[C@H](C)C(C)C)CC[C@@H]23)C[C@H](O[Si](C)(C)C(C)(C)C)C[C@@H]1O[Si](C)(C)C(C)(C)C. The first-order chi connectivity index (χ1) is 20.0. The summed E-state index contributed by atoms with van der Waals surface area (Å²) in [5.74, 6) is 3.47. The van der Waals surface area contributed by atoms with Gasteiger partial charge >= 0.3 is 0 Å². The first-order valence-electron chi connectivity index (χ1n) is 18.1. The Hall–Kier alpha value is -0.686. The molecule has 0 unspecified atom stereocenters. The van der Waals surface area contributed by atoms with Gasteiger partial charge in [0.25, 0.3) is 0 Å². The molecule has 3 aliphatic rings. The first kappa shape index (κ1) is 37.8. The van der Waals surface area contributed by atoms with E-state index in [0.717, 1.165) is 18.8 Å². The van der Waals surface area contributed by atoms with Gasteiger partial charge < -0.3 is 8.85 Å². The molecular weight excluding hydrogens is 569 g/mol. The lowest BCUT2D eigenvalue weighted by atomic mass is 9.61. The van der Waals surface area contributed by atoms with E-state index < -0.39 is 16.6 Å². The molecule has 3 fully saturated rings. The Morgan fingerprint density at radius 2 is 1.45 bits per heavy atom. The minimum Gasteiger partial charge on any atom is -0.413 e. The minimum absolute atomic E-state index is 0.0393. The van der Waals surface area contributed by atoms with Gasteiger partial charge in [-0.1, -0.05) is 113 Å². The van der Waals surface area contributed by atoms with Crippen LogP contribution in [0.1, 0.15) is 121 Å². The van der Waals surface area contributed by atoms with Crippen molar-refractivity contribution in [3.63, 3.8) is 0 Å². The quantitative estimate of drug-likeness (QED) is 0.184. The lowest BCUT2D eigenvalue weighted by molar-refractivity contribution is 0.0969. The molecule has 0 aromatic heterocycles. The van der Waals surface area contributed by atoms with Gasteiger partial charge in [-0.05, 0) is 121 Å². The van der Waals surface area contributed by atoms with Gasteiger partial charge in [0.1, 0.15) is 0 Å². The molecule has 0 aromatic rings. The summed E-state index contributed by atoms with van der Waals surface area (Å²) in [7, 11) is -3.88. The van der Waals surface area contributed by atoms with Crippen molar-refractivity contribution >= 4 is 16.6 Å². The molecule has 0 N–H and O–H groups in total. The Balaban J connectivity index is 1.90. The predicted octanol–water partition coefficient (Wildman–Crippen LogP) is 12.7. The molecule has 0 saturated heterocycles. The van der Waals surface area contributed by atoms with Crippen LogP contribution in [0.2, 0.25) is 36.3 Å². The molecule has 0 aromatic carbocycles. The van der Waals surface area contributed by atoms with Crippen LogP contribution in [-0.4, -0.2) is 28.8 Å². The molecule has 2 nitrogen and oxygen atoms in total. The third-order valence-electron chi connectivity index (χ3n) is 13.2. The number of hydrogen-bond donors (Lipinski definition) is 0. The molecule has 4 heteroatoms. The van der Waals surface area contributed by atoms with Gasteiger partial charge in [0, 0.05) is 6.42 Å². The van der Waals surface area contributed by atoms with Crippen molar-refractivity contribution < 1.29 is 8.85 Å². The number of fused-ring (bicyclic) bond motifs is 1. The summed E-state index contributed by atoms with van der Waals surface area (Å²) in [5, 5.41) is 0.352. The van der Waals surface area contributed by atoms with Gasteiger partial charge in [-0.3, -0.25) is 0 Å². The van der Waals surface area contributed by atoms with Crippen LogP contribution in [0.3, 0.4) is 0 Å². The van der Waals surface area contributed by atoms with Crippen molar-refractivity contribution in [3.05, 3.63) is 47.6 Å². The second kappa shape index (κ2) is 13.8. The second-order valence-electron chi connectivity index (χ2n) is 18.7. The molecule has 0 radical (unpaired) electrons. The second-order valence-corrected chi connectivity index (χ2v) is 28.2. The molecule has 3 rings (SSSR count). The van der Waals surface area contributed by atoms with Crippen LogP contribution in [-0.2, 0) is 8.85 Å². The summed E-state index contributed by atoms with van der Waals surface area (Å²) < 4.78 is 14.2. The van der Waals surface area contributed by atoms with Gasteiger partial charge in [0.15, 0.2) is 16.6 Å².